The van der Waals surface area contributed by atoms with Gasteiger partial charge in [-0.2, -0.15) is 4.98 Å². The molecule has 0 bridgehead atoms. The Bertz CT molecular complexity index is 1140. The van der Waals surface area contributed by atoms with Crippen molar-refractivity contribution in [2.24, 2.45) is 0 Å². The van der Waals surface area contributed by atoms with Crippen LogP contribution in [0.5, 0.6) is 23.1 Å². The van der Waals surface area contributed by atoms with Crippen LogP contribution in [0.1, 0.15) is 28.4 Å². The van der Waals surface area contributed by atoms with Crippen molar-refractivity contribution in [2.45, 2.75) is 12.8 Å². The van der Waals surface area contributed by atoms with Crippen LogP contribution in [0.15, 0.2) is 35.1 Å². The van der Waals surface area contributed by atoms with E-state index in [-0.39, 0.29) is 28.8 Å². The molecule has 0 fully saturated rings. The number of fused-ring (bicyclic) bond motifs is 3. The predicted molar refractivity (Wildman–Crippen MR) is 94.6 cm³/mol. The topological polar surface area (TPSA) is 73.4 Å². The van der Waals surface area contributed by atoms with Gasteiger partial charge in [0.25, 0.3) is 5.56 Å². The molecule has 8 heteroatoms. The van der Waals surface area contributed by atoms with Crippen molar-refractivity contribution in [1.82, 2.24) is 9.97 Å². The van der Waals surface area contributed by atoms with Gasteiger partial charge in [0.05, 0.1) is 11.5 Å². The summed E-state index contributed by atoms with van der Waals surface area (Å²) in [6.45, 7) is 1.72. The molecule has 2 aliphatic heterocycles. The monoisotopic (exact) mass is 386 g/mol. The number of aryl methyl sites for hydroxylation is 1. The van der Waals surface area contributed by atoms with Crippen molar-refractivity contribution in [3.63, 3.8) is 0 Å². The van der Waals surface area contributed by atoms with Gasteiger partial charge in [-0.1, -0.05) is 17.7 Å². The first-order valence-electron chi connectivity index (χ1n) is 8.19. The number of nitrogens with zero attached hydrogens (tertiary/aromatic N) is 1. The van der Waals surface area contributed by atoms with Crippen molar-refractivity contribution in [2.75, 3.05) is 6.79 Å². The van der Waals surface area contributed by atoms with Crippen LogP contribution in [0.25, 0.3) is 0 Å². The zero-order valence-corrected chi connectivity index (χ0v) is 14.8. The number of hydrogen-bond donors (Lipinski definition) is 1. The summed E-state index contributed by atoms with van der Waals surface area (Å²) in [5.74, 6) is 0.599. The van der Waals surface area contributed by atoms with Crippen LogP contribution in [0.3, 0.4) is 0 Å². The van der Waals surface area contributed by atoms with E-state index in [2.05, 4.69) is 9.97 Å². The van der Waals surface area contributed by atoms with Gasteiger partial charge >= 0.3 is 0 Å². The average Bonchev–Trinajstić information content (AvgIpc) is 3.06. The quantitative estimate of drug-likeness (QED) is 0.537. The first-order chi connectivity index (χ1) is 13.0. The van der Waals surface area contributed by atoms with E-state index in [1.807, 2.05) is 0 Å². The van der Waals surface area contributed by atoms with Gasteiger partial charge in [-0.05, 0) is 25.1 Å². The highest BCUT2D eigenvalue weighted by Crippen LogP contribution is 2.51. The summed E-state index contributed by atoms with van der Waals surface area (Å²) in [5, 5.41) is 0.205. The van der Waals surface area contributed by atoms with E-state index >= 15 is 0 Å². The van der Waals surface area contributed by atoms with E-state index in [0.717, 1.165) is 0 Å². The molecule has 0 unspecified atom stereocenters. The zero-order chi connectivity index (χ0) is 18.7. The van der Waals surface area contributed by atoms with Crippen LogP contribution >= 0.6 is 11.6 Å². The van der Waals surface area contributed by atoms with E-state index in [1.165, 1.54) is 12.1 Å². The Balaban J connectivity index is 1.85. The van der Waals surface area contributed by atoms with E-state index in [9.17, 15) is 9.18 Å². The largest absolute Gasteiger partial charge is 0.454 e. The summed E-state index contributed by atoms with van der Waals surface area (Å²) in [6, 6.07) is 7.74. The van der Waals surface area contributed by atoms with E-state index in [4.69, 9.17) is 25.8 Å². The minimum absolute atomic E-state index is 0.0776. The Labute approximate surface area is 157 Å². The summed E-state index contributed by atoms with van der Waals surface area (Å²) >= 11 is 6.33. The normalized spacial score (nSPS) is 16.5. The third kappa shape index (κ3) is 2.39. The molecule has 27 heavy (non-hydrogen) atoms. The van der Waals surface area contributed by atoms with Gasteiger partial charge in [0, 0.05) is 22.2 Å². The minimum Gasteiger partial charge on any atom is -0.454 e. The Kier molecular flexibility index (Phi) is 3.42. The molecule has 0 spiro atoms. The number of benzene rings is 2. The lowest BCUT2D eigenvalue weighted by atomic mass is 9.83. The molecule has 0 saturated carbocycles. The smallest absolute Gasteiger partial charge is 0.258 e. The molecular formula is C19H12ClFN2O4. The van der Waals surface area contributed by atoms with Gasteiger partial charge in [-0.3, -0.25) is 4.79 Å². The molecule has 0 aliphatic carbocycles. The summed E-state index contributed by atoms with van der Waals surface area (Å²) in [4.78, 5) is 19.7. The highest BCUT2D eigenvalue weighted by atomic mass is 35.5. The average molecular weight is 387 g/mol. The molecule has 1 aromatic heterocycles. The Morgan fingerprint density at radius 3 is 2.74 bits per heavy atom. The molecule has 2 aromatic carbocycles. The lowest BCUT2D eigenvalue weighted by Crippen LogP contribution is -2.25. The molecular weight excluding hydrogens is 375 g/mol. The number of hydrogen-bond acceptors (Lipinski definition) is 5. The van der Waals surface area contributed by atoms with Crippen LogP contribution in [0.2, 0.25) is 5.02 Å². The summed E-state index contributed by atoms with van der Waals surface area (Å²) in [5.41, 5.74) is 0.513. The van der Waals surface area contributed by atoms with Gasteiger partial charge in [0.1, 0.15) is 17.4 Å². The van der Waals surface area contributed by atoms with Gasteiger partial charge in [0.15, 0.2) is 11.5 Å². The second-order valence-corrected chi connectivity index (χ2v) is 6.69. The predicted octanol–water partition coefficient (Wildman–Crippen LogP) is 3.89. The molecule has 0 saturated heterocycles. The van der Waals surface area contributed by atoms with Gasteiger partial charge < -0.3 is 19.2 Å². The fourth-order valence-electron chi connectivity index (χ4n) is 3.50. The second kappa shape index (κ2) is 5.72. The van der Waals surface area contributed by atoms with Crippen LogP contribution < -0.4 is 19.8 Å². The lowest BCUT2D eigenvalue weighted by molar-refractivity contribution is 0.174. The number of rotatable bonds is 1. The van der Waals surface area contributed by atoms with E-state index in [1.54, 1.807) is 25.1 Å². The molecule has 3 aromatic rings. The fraction of sp³-hybridized carbons (Fsp3) is 0.158. The van der Waals surface area contributed by atoms with Crippen molar-refractivity contribution in [3.05, 3.63) is 74.0 Å². The summed E-state index contributed by atoms with van der Waals surface area (Å²) in [7, 11) is 0. The molecule has 1 N–H and O–H groups in total. The van der Waals surface area contributed by atoms with Crippen LogP contribution in [-0.2, 0) is 0 Å². The number of nitrogens with one attached hydrogen (secondary N) is 1. The van der Waals surface area contributed by atoms with Crippen LogP contribution in [-0.4, -0.2) is 16.8 Å². The maximum atomic E-state index is 14.8. The molecule has 1 atom stereocenters. The van der Waals surface area contributed by atoms with Crippen LogP contribution in [0.4, 0.5) is 4.39 Å². The van der Waals surface area contributed by atoms with Crippen molar-refractivity contribution in [1.29, 1.82) is 0 Å². The van der Waals surface area contributed by atoms with E-state index < -0.39 is 17.3 Å². The third-order valence-electron chi connectivity index (χ3n) is 4.64. The standard InChI is InChI=1S/C19H12ClFN2O4/c1-8-22-18(24)17-15(16-10(20)3-2-4-11(16)21)9-5-13-14(26-7-25-13)6-12(9)27-19(17)23-8/h2-6,15H,7H2,1H3,(H,22,23,24)/t15-/m0/s1. The highest BCUT2D eigenvalue weighted by Gasteiger charge is 2.37. The zero-order valence-electron chi connectivity index (χ0n) is 14.0. The lowest BCUT2D eigenvalue weighted by Gasteiger charge is -2.28. The first-order valence-corrected chi connectivity index (χ1v) is 8.57. The molecule has 5 rings (SSSR count). The maximum Gasteiger partial charge on any atom is 0.258 e. The van der Waals surface area contributed by atoms with Gasteiger partial charge in [-0.25, -0.2) is 4.39 Å². The maximum absolute atomic E-state index is 14.8. The van der Waals surface area contributed by atoms with E-state index in [0.29, 0.717) is 28.6 Å². The number of ether oxygens (including phenoxy) is 3. The van der Waals surface area contributed by atoms with Gasteiger partial charge in [0.2, 0.25) is 12.7 Å². The summed E-state index contributed by atoms with van der Waals surface area (Å²) < 4.78 is 31.5. The Morgan fingerprint density at radius 1 is 1.19 bits per heavy atom. The van der Waals surface area contributed by atoms with Gasteiger partial charge in [-0.15, -0.1) is 0 Å². The number of H-pyrrole nitrogens is 1. The SMILES string of the molecule is Cc1nc2c(c(=O)[nH]1)[C@H](c1c(F)cccc1Cl)c1cc3c(cc1O2)OCO3. The third-order valence-corrected chi connectivity index (χ3v) is 4.97. The number of halogens is 2. The number of aromatic amines is 1. The molecule has 3 heterocycles. The molecule has 6 nitrogen and oxygen atoms in total. The fourth-order valence-corrected chi connectivity index (χ4v) is 3.77. The molecule has 0 radical (unpaired) electrons. The Hall–Kier alpha value is -3.06. The minimum atomic E-state index is -0.802. The second-order valence-electron chi connectivity index (χ2n) is 6.28. The summed E-state index contributed by atoms with van der Waals surface area (Å²) in [6.07, 6.45) is 0. The van der Waals surface area contributed by atoms with Crippen LogP contribution in [0, 0.1) is 12.7 Å². The molecule has 2 aliphatic rings. The first kappa shape index (κ1) is 16.1. The van der Waals surface area contributed by atoms with Crippen molar-refractivity contribution in [3.8, 4) is 23.1 Å². The van der Waals surface area contributed by atoms with Crippen molar-refractivity contribution >= 4 is 11.6 Å². The molecule has 136 valence electrons. The Morgan fingerprint density at radius 2 is 1.96 bits per heavy atom. The number of aromatic nitrogens is 2. The highest BCUT2D eigenvalue weighted by molar-refractivity contribution is 6.31. The molecule has 0 amide bonds. The van der Waals surface area contributed by atoms with Crippen molar-refractivity contribution < 1.29 is 18.6 Å².